The van der Waals surface area contributed by atoms with E-state index in [1.165, 1.54) is 0 Å². The van der Waals surface area contributed by atoms with Crippen LogP contribution in [0.3, 0.4) is 0 Å². The normalized spacial score (nSPS) is 25.6. The average Bonchev–Trinajstić information content (AvgIpc) is 2.53. The van der Waals surface area contributed by atoms with Crippen molar-refractivity contribution in [2.75, 3.05) is 0 Å². The van der Waals surface area contributed by atoms with Crippen LogP contribution in [0.5, 0.6) is 0 Å². The van der Waals surface area contributed by atoms with E-state index in [9.17, 15) is 26.8 Å². The zero-order valence-electron chi connectivity index (χ0n) is 16.3. The van der Waals surface area contributed by atoms with Gasteiger partial charge >= 0.3 is 27.3 Å². The van der Waals surface area contributed by atoms with Gasteiger partial charge in [0.1, 0.15) is 5.60 Å². The molecule has 1 unspecified atom stereocenters. The van der Waals surface area contributed by atoms with Gasteiger partial charge in [-0.05, 0) is 59.8 Å². The summed E-state index contributed by atoms with van der Waals surface area (Å²) in [5, 5.41) is -4.59. The van der Waals surface area contributed by atoms with Crippen molar-refractivity contribution < 1.29 is 40.8 Å². The second-order valence-corrected chi connectivity index (χ2v) is 9.46. The van der Waals surface area contributed by atoms with E-state index in [-0.39, 0.29) is 18.8 Å². The average molecular weight is 414 g/mol. The molecule has 0 saturated heterocycles. The standard InChI is InChI=1S/C17H28F2O7S/c1-6-15(3,4)14(21)26-16(5)9-7-12(8-10-16)13(20)25-11(2)17(18,19)27(22,23)24/h11-12H,6-10H2,1-5H3,(H,22,23,24). The van der Waals surface area contributed by atoms with Crippen molar-refractivity contribution in [3.05, 3.63) is 0 Å². The number of halogens is 2. The first kappa shape index (κ1) is 23.7. The quantitative estimate of drug-likeness (QED) is 0.503. The minimum atomic E-state index is -5.69. The number of carbonyl (C=O) groups is 2. The van der Waals surface area contributed by atoms with E-state index >= 15 is 0 Å². The fraction of sp³-hybridized carbons (Fsp3) is 0.882. The van der Waals surface area contributed by atoms with Gasteiger partial charge in [-0.25, -0.2) is 0 Å². The summed E-state index contributed by atoms with van der Waals surface area (Å²) in [6, 6.07) is 0. The molecular formula is C17H28F2O7S. The van der Waals surface area contributed by atoms with Gasteiger partial charge in [0.15, 0.2) is 6.10 Å². The van der Waals surface area contributed by atoms with Crippen molar-refractivity contribution in [2.24, 2.45) is 11.3 Å². The Labute approximate surface area is 158 Å². The third kappa shape index (κ3) is 5.60. The molecule has 1 fully saturated rings. The summed E-state index contributed by atoms with van der Waals surface area (Å²) in [6.45, 7) is 7.89. The maximum Gasteiger partial charge on any atom is 0.405 e. The molecule has 0 amide bonds. The van der Waals surface area contributed by atoms with Crippen molar-refractivity contribution in [1.29, 1.82) is 0 Å². The monoisotopic (exact) mass is 414 g/mol. The summed E-state index contributed by atoms with van der Waals surface area (Å²) in [7, 11) is -5.69. The maximum absolute atomic E-state index is 13.5. The lowest BCUT2D eigenvalue weighted by molar-refractivity contribution is -0.176. The van der Waals surface area contributed by atoms with Crippen molar-refractivity contribution >= 4 is 22.1 Å². The molecule has 158 valence electrons. The highest BCUT2D eigenvalue weighted by Crippen LogP contribution is 2.38. The Morgan fingerprint density at radius 3 is 2.15 bits per heavy atom. The molecule has 1 saturated carbocycles. The molecule has 7 nitrogen and oxygen atoms in total. The lowest BCUT2D eigenvalue weighted by atomic mass is 9.79. The van der Waals surface area contributed by atoms with Crippen LogP contribution in [0.25, 0.3) is 0 Å². The lowest BCUT2D eigenvalue weighted by Gasteiger charge is -2.38. The van der Waals surface area contributed by atoms with Crippen LogP contribution in [0, 0.1) is 11.3 Å². The highest BCUT2D eigenvalue weighted by Gasteiger charge is 2.52. The molecule has 1 N–H and O–H groups in total. The predicted molar refractivity (Wildman–Crippen MR) is 92.6 cm³/mol. The van der Waals surface area contributed by atoms with E-state index in [1.807, 2.05) is 6.92 Å². The van der Waals surface area contributed by atoms with Gasteiger partial charge < -0.3 is 9.47 Å². The fourth-order valence-electron chi connectivity index (χ4n) is 2.62. The number of hydrogen-bond donors (Lipinski definition) is 1. The van der Waals surface area contributed by atoms with Crippen LogP contribution in [-0.2, 0) is 29.2 Å². The Morgan fingerprint density at radius 1 is 1.26 bits per heavy atom. The van der Waals surface area contributed by atoms with Crippen molar-refractivity contribution in [3.8, 4) is 0 Å². The van der Waals surface area contributed by atoms with Crippen LogP contribution in [0.1, 0.15) is 66.7 Å². The minimum absolute atomic E-state index is 0.249. The smallest absolute Gasteiger partial charge is 0.405 e. The van der Waals surface area contributed by atoms with Gasteiger partial charge in [-0.1, -0.05) is 6.92 Å². The number of carbonyl (C=O) groups excluding carboxylic acids is 2. The molecule has 0 spiro atoms. The second kappa shape index (κ2) is 7.98. The molecule has 0 aromatic carbocycles. The molecule has 1 rings (SSSR count). The third-order valence-electron chi connectivity index (χ3n) is 5.26. The summed E-state index contributed by atoms with van der Waals surface area (Å²) < 4.78 is 67.2. The van der Waals surface area contributed by atoms with Crippen LogP contribution in [0.2, 0.25) is 0 Å². The van der Waals surface area contributed by atoms with Gasteiger partial charge in [0.25, 0.3) is 0 Å². The summed E-state index contributed by atoms with van der Waals surface area (Å²) in [5.41, 5.74) is -1.39. The molecule has 0 aromatic rings. The number of rotatable bonds is 7. The van der Waals surface area contributed by atoms with Crippen LogP contribution in [0.15, 0.2) is 0 Å². The van der Waals surface area contributed by atoms with Crippen LogP contribution < -0.4 is 0 Å². The molecule has 27 heavy (non-hydrogen) atoms. The predicted octanol–water partition coefficient (Wildman–Crippen LogP) is 3.33. The van der Waals surface area contributed by atoms with Crippen molar-refractivity contribution in [3.63, 3.8) is 0 Å². The molecular weight excluding hydrogens is 386 g/mol. The van der Waals surface area contributed by atoms with E-state index in [0.29, 0.717) is 26.2 Å². The molecule has 1 atom stereocenters. The van der Waals surface area contributed by atoms with Gasteiger partial charge in [-0.2, -0.15) is 17.2 Å². The largest absolute Gasteiger partial charge is 0.459 e. The fourth-order valence-corrected chi connectivity index (χ4v) is 3.09. The minimum Gasteiger partial charge on any atom is -0.459 e. The molecule has 0 aliphatic heterocycles. The van der Waals surface area contributed by atoms with Gasteiger partial charge in [-0.3, -0.25) is 14.1 Å². The first-order valence-corrected chi connectivity index (χ1v) is 10.3. The molecule has 0 heterocycles. The molecule has 1 aliphatic carbocycles. The molecule has 10 heteroatoms. The van der Waals surface area contributed by atoms with E-state index in [2.05, 4.69) is 4.74 Å². The van der Waals surface area contributed by atoms with E-state index in [4.69, 9.17) is 9.29 Å². The molecule has 1 aliphatic rings. The Kier molecular flexibility index (Phi) is 7.02. The van der Waals surface area contributed by atoms with Gasteiger partial charge in [0.2, 0.25) is 0 Å². The van der Waals surface area contributed by atoms with Crippen LogP contribution in [0.4, 0.5) is 8.78 Å². The van der Waals surface area contributed by atoms with E-state index in [0.717, 1.165) is 0 Å². The topological polar surface area (TPSA) is 107 Å². The maximum atomic E-state index is 13.5. The zero-order valence-corrected chi connectivity index (χ0v) is 17.1. The highest BCUT2D eigenvalue weighted by molar-refractivity contribution is 7.86. The van der Waals surface area contributed by atoms with Crippen LogP contribution in [-0.4, -0.2) is 41.9 Å². The number of alkyl halides is 2. The lowest BCUT2D eigenvalue weighted by Crippen LogP contribution is -2.44. The van der Waals surface area contributed by atoms with Gasteiger partial charge in [0, 0.05) is 0 Å². The number of esters is 2. The Bertz CT molecular complexity index is 665. The van der Waals surface area contributed by atoms with Crippen LogP contribution >= 0.6 is 0 Å². The summed E-state index contributed by atoms with van der Waals surface area (Å²) in [6.07, 6.45) is -0.519. The molecule has 0 bridgehead atoms. The number of hydrogen-bond acceptors (Lipinski definition) is 6. The first-order chi connectivity index (χ1) is 12.1. The Balaban J connectivity index is 2.66. The summed E-state index contributed by atoms with van der Waals surface area (Å²) >= 11 is 0. The molecule has 0 aromatic heterocycles. The zero-order chi connectivity index (χ0) is 21.3. The Hall–Kier alpha value is -1.29. The second-order valence-electron chi connectivity index (χ2n) is 7.97. The van der Waals surface area contributed by atoms with E-state index < -0.39 is 44.4 Å². The van der Waals surface area contributed by atoms with E-state index in [1.54, 1.807) is 20.8 Å². The Morgan fingerprint density at radius 2 is 1.74 bits per heavy atom. The van der Waals surface area contributed by atoms with Crippen molar-refractivity contribution in [1.82, 2.24) is 0 Å². The summed E-state index contributed by atoms with van der Waals surface area (Å²) in [4.78, 5) is 24.3. The van der Waals surface area contributed by atoms with Gasteiger partial charge in [0.05, 0.1) is 11.3 Å². The SMILES string of the molecule is CCC(C)(C)C(=O)OC1(C)CCC(C(=O)OC(C)C(F)(F)S(=O)(=O)O)CC1. The number of ether oxygens (including phenoxy) is 2. The first-order valence-electron chi connectivity index (χ1n) is 8.84. The third-order valence-corrected chi connectivity index (χ3v) is 6.28. The van der Waals surface area contributed by atoms with Gasteiger partial charge in [-0.15, -0.1) is 0 Å². The summed E-state index contributed by atoms with van der Waals surface area (Å²) in [5.74, 6) is -2.02. The molecule has 0 radical (unpaired) electrons. The van der Waals surface area contributed by atoms with Crippen molar-refractivity contribution in [2.45, 2.75) is 83.7 Å². The highest BCUT2D eigenvalue weighted by atomic mass is 32.2.